The number of phenols is 1. The molecule has 1 radical (unpaired) electrons. The maximum atomic E-state index is 9.34. The van der Waals surface area contributed by atoms with Crippen molar-refractivity contribution in [3.8, 4) is 5.75 Å². The van der Waals surface area contributed by atoms with E-state index in [-0.39, 0.29) is 0 Å². The van der Waals surface area contributed by atoms with Crippen LogP contribution in [0.15, 0.2) is 28.9 Å². The van der Waals surface area contributed by atoms with E-state index in [1.54, 1.807) is 18.3 Å². The average molecular weight is 297 g/mol. The molecule has 1 aromatic rings. The van der Waals surface area contributed by atoms with Crippen LogP contribution in [0.2, 0.25) is 13.1 Å². The Labute approximate surface area is 109 Å². The Balaban J connectivity index is 0.000000583. The van der Waals surface area contributed by atoms with Crippen molar-refractivity contribution in [2.75, 3.05) is 0 Å². The first-order chi connectivity index (χ1) is 7.11. The van der Waals surface area contributed by atoms with E-state index in [4.69, 9.17) is 18.6 Å². The number of nitrogens with zero attached hydrogens (tertiary/aromatic N) is 1. The van der Waals surface area contributed by atoms with Gasteiger partial charge in [0, 0.05) is 11.8 Å². The van der Waals surface area contributed by atoms with Crippen LogP contribution >= 0.6 is 18.6 Å². The first-order valence-electron chi connectivity index (χ1n) is 4.20. The Morgan fingerprint density at radius 1 is 1.33 bits per heavy atom. The molecule has 0 saturated heterocycles. The summed E-state index contributed by atoms with van der Waals surface area (Å²) in [6, 6.07) is 7.21. The summed E-state index contributed by atoms with van der Waals surface area (Å²) in [6.07, 6.45) is 1.74. The number of hydrogen-bond acceptors (Lipinski definition) is 2. The SMILES string of the molecule is C[Si](C)/N=C/c1ccccc1O.[Cl][Ti][Cl]. The molecule has 0 aliphatic carbocycles. The quantitative estimate of drug-likeness (QED) is 0.658. The first-order valence-corrected chi connectivity index (χ1v) is 10.9. The molecular weight excluding hydrogens is 285 g/mol. The molecule has 0 atom stereocenters. The second-order valence-corrected chi connectivity index (χ2v) is 7.57. The Kier molecular flexibility index (Phi) is 9.56. The van der Waals surface area contributed by atoms with E-state index in [1.807, 2.05) is 12.1 Å². The van der Waals surface area contributed by atoms with Crippen LogP contribution in [-0.4, -0.2) is 20.3 Å². The van der Waals surface area contributed by atoms with Crippen molar-refractivity contribution in [1.29, 1.82) is 0 Å². The molecular formula is C9H12Cl2NOSiTi. The van der Waals surface area contributed by atoms with Crippen molar-refractivity contribution in [3.63, 3.8) is 0 Å². The molecule has 0 aromatic heterocycles. The minimum absolute atomic E-state index is 0.296. The normalized spacial score (nSPS) is 9.93. The second-order valence-electron chi connectivity index (χ2n) is 2.84. The summed E-state index contributed by atoms with van der Waals surface area (Å²) in [6.45, 7) is 4.20. The van der Waals surface area contributed by atoms with E-state index >= 15 is 0 Å². The van der Waals surface area contributed by atoms with Crippen molar-refractivity contribution >= 4 is 33.8 Å². The van der Waals surface area contributed by atoms with Gasteiger partial charge in [-0.15, -0.1) is 0 Å². The van der Waals surface area contributed by atoms with Crippen LogP contribution in [0.4, 0.5) is 0 Å². The zero-order valence-electron chi connectivity index (χ0n) is 8.54. The van der Waals surface area contributed by atoms with Gasteiger partial charge < -0.3 is 9.76 Å². The standard InChI is InChI=1S/C9H12NOSi.2ClH.Ti/c1-12(2)10-7-8-5-3-4-6-9(8)11;;;/h3-7,11H,1-2H3;2*1H;/q;;;+2/p-2/b10-7+;;;. The second kappa shape index (κ2) is 9.43. The molecule has 6 heteroatoms. The van der Waals surface area contributed by atoms with Gasteiger partial charge >= 0.3 is 35.6 Å². The van der Waals surface area contributed by atoms with Crippen LogP contribution in [0.25, 0.3) is 0 Å². The third kappa shape index (κ3) is 8.05. The van der Waals surface area contributed by atoms with Crippen molar-refractivity contribution < 1.29 is 22.1 Å². The molecule has 0 saturated carbocycles. The summed E-state index contributed by atoms with van der Waals surface area (Å²) < 4.78 is 4.27. The molecule has 0 amide bonds. The van der Waals surface area contributed by atoms with E-state index in [0.717, 1.165) is 5.56 Å². The molecule has 15 heavy (non-hydrogen) atoms. The molecule has 0 bridgehead atoms. The molecule has 0 fully saturated rings. The predicted molar refractivity (Wildman–Crippen MR) is 64.9 cm³/mol. The van der Waals surface area contributed by atoms with Crippen LogP contribution in [0.3, 0.4) is 0 Å². The topological polar surface area (TPSA) is 32.6 Å². The number of benzene rings is 1. The van der Waals surface area contributed by atoms with Gasteiger partial charge in [0.05, 0.1) is 0 Å². The molecule has 0 aliphatic rings. The number of rotatable bonds is 2. The van der Waals surface area contributed by atoms with Gasteiger partial charge in [-0.05, 0) is 12.1 Å². The number of phenolic OH excluding ortho intramolecular Hbond substituents is 1. The fraction of sp³-hybridized carbons (Fsp3) is 0.222. The molecule has 2 nitrogen and oxygen atoms in total. The van der Waals surface area contributed by atoms with Crippen molar-refractivity contribution in [3.05, 3.63) is 29.8 Å². The molecule has 0 spiro atoms. The summed E-state index contributed by atoms with van der Waals surface area (Å²) in [5.74, 6) is 0.296. The first kappa shape index (κ1) is 15.2. The zero-order chi connectivity index (χ0) is 11.7. The summed E-state index contributed by atoms with van der Waals surface area (Å²) in [5.41, 5.74) is 0.795. The Hall–Kier alpha value is 0.201. The van der Waals surface area contributed by atoms with Gasteiger partial charge in [-0.25, -0.2) is 0 Å². The third-order valence-corrected chi connectivity index (χ3v) is 2.04. The summed E-state index contributed by atoms with van der Waals surface area (Å²) in [5, 5.41) is 9.34. The van der Waals surface area contributed by atoms with Gasteiger partial charge in [0.25, 0.3) is 0 Å². The summed E-state index contributed by atoms with van der Waals surface area (Å²) in [7, 11) is 9.19. The maximum absolute atomic E-state index is 9.34. The third-order valence-electron chi connectivity index (χ3n) is 1.40. The van der Waals surface area contributed by atoms with Crippen LogP contribution in [0.1, 0.15) is 5.56 Å². The molecule has 1 N–H and O–H groups in total. The van der Waals surface area contributed by atoms with Gasteiger partial charge in [-0.1, -0.05) is 25.2 Å². The zero-order valence-corrected chi connectivity index (χ0v) is 12.6. The Morgan fingerprint density at radius 2 is 1.87 bits per heavy atom. The molecule has 1 rings (SSSR count). The summed E-state index contributed by atoms with van der Waals surface area (Å²) >= 11 is -0.556. The number of halogens is 2. The van der Waals surface area contributed by atoms with Crippen LogP contribution in [0.5, 0.6) is 5.75 Å². The Morgan fingerprint density at radius 3 is 2.33 bits per heavy atom. The van der Waals surface area contributed by atoms with Crippen molar-refractivity contribution in [1.82, 2.24) is 0 Å². The van der Waals surface area contributed by atoms with Crippen molar-refractivity contribution in [2.45, 2.75) is 13.1 Å². The van der Waals surface area contributed by atoms with Crippen LogP contribution in [0, 0.1) is 0 Å². The van der Waals surface area contributed by atoms with Crippen molar-refractivity contribution in [2.24, 2.45) is 4.66 Å². The fourth-order valence-corrected chi connectivity index (χ4v) is 1.19. The monoisotopic (exact) mass is 296 g/mol. The molecule has 0 heterocycles. The van der Waals surface area contributed by atoms with E-state index in [9.17, 15) is 5.11 Å². The van der Waals surface area contributed by atoms with Gasteiger partial charge in [-0.2, -0.15) is 0 Å². The van der Waals surface area contributed by atoms with Gasteiger partial charge in [0.2, 0.25) is 0 Å². The molecule has 81 valence electrons. The van der Waals surface area contributed by atoms with Gasteiger partial charge in [-0.3, -0.25) is 0 Å². The van der Waals surface area contributed by atoms with Gasteiger partial charge in [0.1, 0.15) is 5.75 Å². The molecule has 0 aliphatic heterocycles. The van der Waals surface area contributed by atoms with E-state index in [0.29, 0.717) is 5.75 Å². The average Bonchev–Trinajstić information content (AvgIpc) is 2.17. The number of para-hydroxylation sites is 1. The van der Waals surface area contributed by atoms with Crippen LogP contribution < -0.4 is 0 Å². The fourth-order valence-electron chi connectivity index (χ4n) is 0.795. The van der Waals surface area contributed by atoms with E-state index < -0.39 is 26.0 Å². The minimum atomic E-state index is -0.590. The molecule has 0 unspecified atom stereocenters. The van der Waals surface area contributed by atoms with E-state index in [1.165, 1.54) is 0 Å². The summed E-state index contributed by atoms with van der Waals surface area (Å²) in [4.78, 5) is 0. The number of aromatic hydroxyl groups is 1. The van der Waals surface area contributed by atoms with Crippen LogP contribution in [-0.2, 0) is 17.0 Å². The molecule has 1 aromatic carbocycles. The predicted octanol–water partition coefficient (Wildman–Crippen LogP) is 3.44. The number of hydrogen-bond donors (Lipinski definition) is 1. The van der Waals surface area contributed by atoms with Gasteiger partial charge in [0.15, 0.2) is 8.96 Å². The van der Waals surface area contributed by atoms with E-state index in [2.05, 4.69) is 17.8 Å². The Bertz CT molecular complexity index is 310.